The zero-order valence-corrected chi connectivity index (χ0v) is 16.3. The maximum absolute atomic E-state index is 12.5. The van der Waals surface area contributed by atoms with E-state index in [1.807, 2.05) is 44.2 Å². The highest BCUT2D eigenvalue weighted by atomic mass is 32.2. The molecule has 1 fully saturated rings. The molecule has 0 atom stereocenters. The predicted octanol–water partition coefficient (Wildman–Crippen LogP) is 4.39. The van der Waals surface area contributed by atoms with E-state index < -0.39 is 0 Å². The summed E-state index contributed by atoms with van der Waals surface area (Å²) in [5.41, 5.74) is 4.41. The van der Waals surface area contributed by atoms with Crippen LogP contribution >= 0.6 is 24.0 Å². The van der Waals surface area contributed by atoms with Crippen LogP contribution in [0.4, 0.5) is 5.69 Å². The van der Waals surface area contributed by atoms with E-state index in [1.165, 1.54) is 16.7 Å². The number of hydrogen-bond donors (Lipinski definition) is 1. The molecule has 1 heterocycles. The first-order chi connectivity index (χ1) is 12.4. The topological polar surface area (TPSA) is 49.4 Å². The van der Waals surface area contributed by atoms with Crippen molar-refractivity contribution >= 4 is 51.9 Å². The second-order valence-corrected chi connectivity index (χ2v) is 7.74. The molecule has 1 aliphatic rings. The number of hydrogen-bond acceptors (Lipinski definition) is 4. The first-order valence-corrected chi connectivity index (χ1v) is 9.28. The summed E-state index contributed by atoms with van der Waals surface area (Å²) in [6.07, 6.45) is 1.79. The van der Waals surface area contributed by atoms with Gasteiger partial charge in [0.2, 0.25) is 0 Å². The van der Waals surface area contributed by atoms with E-state index in [2.05, 4.69) is 5.32 Å². The molecule has 0 unspecified atom stereocenters. The average molecular weight is 383 g/mol. The summed E-state index contributed by atoms with van der Waals surface area (Å²) >= 11 is 6.40. The number of amides is 2. The van der Waals surface area contributed by atoms with Crippen molar-refractivity contribution in [3.63, 3.8) is 0 Å². The monoisotopic (exact) mass is 382 g/mol. The molecule has 26 heavy (non-hydrogen) atoms. The highest BCUT2D eigenvalue weighted by Crippen LogP contribution is 2.31. The quantitative estimate of drug-likeness (QED) is 0.632. The Hall–Kier alpha value is -2.44. The molecule has 0 radical (unpaired) electrons. The Labute approximate surface area is 162 Å². The van der Waals surface area contributed by atoms with Crippen LogP contribution in [0.5, 0.6) is 0 Å². The van der Waals surface area contributed by atoms with Crippen molar-refractivity contribution in [2.24, 2.45) is 0 Å². The lowest BCUT2D eigenvalue weighted by molar-refractivity contribution is -0.121. The van der Waals surface area contributed by atoms with Gasteiger partial charge < -0.3 is 5.32 Å². The summed E-state index contributed by atoms with van der Waals surface area (Å²) in [5.74, 6) is -0.262. The number of carbonyl (C=O) groups is 2. The predicted molar refractivity (Wildman–Crippen MR) is 111 cm³/mol. The number of nitrogens with one attached hydrogen (secondary N) is 1. The Kier molecular flexibility index (Phi) is 5.25. The first-order valence-electron chi connectivity index (χ1n) is 8.06. The molecule has 0 spiro atoms. The number of nitrogens with zero attached hydrogens (tertiary/aromatic N) is 1. The first kappa shape index (κ1) is 18.4. The second kappa shape index (κ2) is 7.43. The fraction of sp³-hybridized carbons (Fsp3) is 0.150. The van der Waals surface area contributed by atoms with Gasteiger partial charge in [0.05, 0.1) is 4.91 Å². The molecule has 0 aliphatic carbocycles. The third kappa shape index (κ3) is 3.71. The number of thioether (sulfide) groups is 1. The fourth-order valence-corrected chi connectivity index (χ4v) is 3.69. The Balaban J connectivity index is 1.75. The van der Waals surface area contributed by atoms with Crippen LogP contribution in [-0.4, -0.2) is 28.1 Å². The van der Waals surface area contributed by atoms with Gasteiger partial charge in [-0.05, 0) is 54.8 Å². The van der Waals surface area contributed by atoms with Crippen molar-refractivity contribution in [1.82, 2.24) is 4.90 Å². The van der Waals surface area contributed by atoms with Gasteiger partial charge in [-0.15, -0.1) is 0 Å². The number of rotatable bonds is 3. The molecule has 0 saturated carbocycles. The molecule has 6 heteroatoms. The van der Waals surface area contributed by atoms with Crippen LogP contribution in [0.2, 0.25) is 0 Å². The number of anilines is 1. The minimum Gasteiger partial charge on any atom is -0.322 e. The van der Waals surface area contributed by atoms with Crippen LogP contribution in [0.1, 0.15) is 27.0 Å². The lowest BCUT2D eigenvalue weighted by Crippen LogP contribution is -2.22. The van der Waals surface area contributed by atoms with E-state index in [-0.39, 0.29) is 11.8 Å². The molecule has 1 aliphatic heterocycles. The van der Waals surface area contributed by atoms with Crippen LogP contribution < -0.4 is 5.32 Å². The highest BCUT2D eigenvalue weighted by Gasteiger charge is 2.28. The fourth-order valence-electron chi connectivity index (χ4n) is 2.51. The molecule has 2 aromatic carbocycles. The third-order valence-electron chi connectivity index (χ3n) is 4.31. The summed E-state index contributed by atoms with van der Waals surface area (Å²) in [4.78, 5) is 26.6. The Bertz CT molecular complexity index is 933. The molecule has 3 rings (SSSR count). The molecular weight excluding hydrogens is 364 g/mol. The zero-order valence-electron chi connectivity index (χ0n) is 14.7. The molecule has 1 N–H and O–H groups in total. The van der Waals surface area contributed by atoms with Crippen LogP contribution in [0.25, 0.3) is 6.08 Å². The van der Waals surface area contributed by atoms with E-state index >= 15 is 0 Å². The van der Waals surface area contributed by atoms with Gasteiger partial charge in [0.25, 0.3) is 11.8 Å². The molecule has 0 aromatic heterocycles. The van der Waals surface area contributed by atoms with Crippen molar-refractivity contribution < 1.29 is 9.59 Å². The van der Waals surface area contributed by atoms with Gasteiger partial charge in [0.15, 0.2) is 0 Å². The van der Waals surface area contributed by atoms with Crippen molar-refractivity contribution in [2.75, 3.05) is 12.4 Å². The highest BCUT2D eigenvalue weighted by molar-refractivity contribution is 8.26. The van der Waals surface area contributed by atoms with Crippen LogP contribution in [0.3, 0.4) is 0 Å². The van der Waals surface area contributed by atoms with E-state index in [0.29, 0.717) is 14.8 Å². The molecule has 2 aromatic rings. The van der Waals surface area contributed by atoms with Gasteiger partial charge in [0, 0.05) is 18.3 Å². The van der Waals surface area contributed by atoms with E-state index in [4.69, 9.17) is 12.2 Å². The van der Waals surface area contributed by atoms with E-state index in [0.717, 1.165) is 22.4 Å². The van der Waals surface area contributed by atoms with Crippen LogP contribution in [-0.2, 0) is 4.79 Å². The third-order valence-corrected chi connectivity index (χ3v) is 5.79. The molecule has 132 valence electrons. The summed E-state index contributed by atoms with van der Waals surface area (Å²) < 4.78 is 0.547. The summed E-state index contributed by atoms with van der Waals surface area (Å²) in [6, 6.07) is 13.0. The van der Waals surface area contributed by atoms with Gasteiger partial charge in [-0.1, -0.05) is 48.2 Å². The molecule has 1 saturated heterocycles. The standard InChI is InChI=1S/C20H18N2O2S2/c1-12-5-4-6-16(13(12)2)21-18(23)15-9-7-14(8-10-15)11-17-19(24)22(3)20(25)26-17/h4-11H,1-3H3,(H,21,23)/b17-11-. The summed E-state index contributed by atoms with van der Waals surface area (Å²) in [7, 11) is 1.67. The van der Waals surface area contributed by atoms with E-state index in [1.54, 1.807) is 25.3 Å². The van der Waals surface area contributed by atoms with E-state index in [9.17, 15) is 9.59 Å². The van der Waals surface area contributed by atoms with Gasteiger partial charge in [-0.25, -0.2) is 0 Å². The number of carbonyl (C=O) groups excluding carboxylic acids is 2. The maximum atomic E-state index is 12.5. The number of likely N-dealkylation sites (N-methyl/N-ethyl adjacent to an activating group) is 1. The SMILES string of the molecule is Cc1cccc(NC(=O)c2ccc(/C=C3\SC(=S)N(C)C3=O)cc2)c1C. The minimum absolute atomic E-state index is 0.100. The summed E-state index contributed by atoms with van der Waals surface area (Å²) in [6.45, 7) is 4.00. The lowest BCUT2D eigenvalue weighted by atomic mass is 10.1. The number of benzene rings is 2. The van der Waals surface area contributed by atoms with Crippen molar-refractivity contribution in [2.45, 2.75) is 13.8 Å². The normalized spacial score (nSPS) is 15.7. The molecular formula is C20H18N2O2S2. The zero-order chi connectivity index (χ0) is 18.8. The van der Waals surface area contributed by atoms with Gasteiger partial charge in [-0.2, -0.15) is 0 Å². The van der Waals surface area contributed by atoms with Crippen LogP contribution in [0, 0.1) is 13.8 Å². The largest absolute Gasteiger partial charge is 0.322 e. The minimum atomic E-state index is -0.162. The number of aryl methyl sites for hydroxylation is 1. The molecule has 0 bridgehead atoms. The number of thiocarbonyl (C=S) groups is 1. The van der Waals surface area contributed by atoms with Gasteiger partial charge >= 0.3 is 0 Å². The van der Waals surface area contributed by atoms with Crippen molar-refractivity contribution in [3.8, 4) is 0 Å². The smallest absolute Gasteiger partial charge is 0.265 e. The van der Waals surface area contributed by atoms with Gasteiger partial charge in [-0.3, -0.25) is 14.5 Å². The maximum Gasteiger partial charge on any atom is 0.265 e. The van der Waals surface area contributed by atoms with Gasteiger partial charge in [0.1, 0.15) is 4.32 Å². The molecule has 4 nitrogen and oxygen atoms in total. The van der Waals surface area contributed by atoms with Crippen LogP contribution in [0.15, 0.2) is 47.4 Å². The van der Waals surface area contributed by atoms with Crippen molar-refractivity contribution in [3.05, 3.63) is 69.6 Å². The average Bonchev–Trinajstić information content (AvgIpc) is 2.86. The Morgan fingerprint density at radius 1 is 1.15 bits per heavy atom. The second-order valence-electron chi connectivity index (χ2n) is 6.06. The molecule has 2 amide bonds. The lowest BCUT2D eigenvalue weighted by Gasteiger charge is -2.10. The van der Waals surface area contributed by atoms with Crippen molar-refractivity contribution in [1.29, 1.82) is 0 Å². The Morgan fingerprint density at radius 3 is 2.46 bits per heavy atom. The summed E-state index contributed by atoms with van der Waals surface area (Å²) in [5, 5.41) is 2.94. The Morgan fingerprint density at radius 2 is 1.85 bits per heavy atom.